The van der Waals surface area contributed by atoms with Gasteiger partial charge >= 0.3 is 6.18 Å². The van der Waals surface area contributed by atoms with E-state index in [1.54, 1.807) is 0 Å². The number of aliphatic hydroxyl groups is 1. The van der Waals surface area contributed by atoms with Crippen LogP contribution < -0.4 is 26.8 Å². The van der Waals surface area contributed by atoms with Crippen LogP contribution in [0.15, 0.2) is 42.5 Å². The van der Waals surface area contributed by atoms with Gasteiger partial charge in [0.1, 0.15) is 25.4 Å². The van der Waals surface area contributed by atoms with E-state index < -0.39 is 66.6 Å². The normalized spacial score (nSPS) is 13.5. The van der Waals surface area contributed by atoms with Gasteiger partial charge in [-0.1, -0.05) is 19.1 Å². The van der Waals surface area contributed by atoms with Crippen LogP contribution in [0.25, 0.3) is 0 Å². The van der Waals surface area contributed by atoms with E-state index in [-0.39, 0.29) is 49.6 Å². The van der Waals surface area contributed by atoms with Gasteiger partial charge in [0, 0.05) is 50.3 Å². The second-order valence-corrected chi connectivity index (χ2v) is 9.29. The van der Waals surface area contributed by atoms with Gasteiger partial charge in [-0.3, -0.25) is 14.4 Å². The number of alkyl halides is 4. The fourth-order valence-corrected chi connectivity index (χ4v) is 3.87. The molecule has 0 aliphatic heterocycles. The van der Waals surface area contributed by atoms with Crippen LogP contribution in [0.5, 0.6) is 5.75 Å². The molecule has 3 amide bonds. The van der Waals surface area contributed by atoms with Crippen molar-refractivity contribution in [1.29, 1.82) is 0 Å². The highest BCUT2D eigenvalue weighted by Crippen LogP contribution is 2.31. The van der Waals surface area contributed by atoms with Crippen LogP contribution in [0, 0.1) is 11.7 Å². The first-order valence-corrected chi connectivity index (χ1v) is 12.9. The average molecular weight is 604 g/mol. The number of nitrogens with zero attached hydrogens (tertiary/aromatic N) is 1. The van der Waals surface area contributed by atoms with Crippen molar-refractivity contribution < 1.29 is 46.2 Å². The number of carbonyl (C=O) groups excluding carboxylic acids is 3. The second kappa shape index (κ2) is 16.0. The van der Waals surface area contributed by atoms with E-state index in [1.165, 1.54) is 17.9 Å². The van der Waals surface area contributed by atoms with E-state index in [4.69, 9.17) is 16.2 Å². The number of anilines is 1. The first-order valence-electron chi connectivity index (χ1n) is 12.9. The summed E-state index contributed by atoms with van der Waals surface area (Å²) in [6.07, 6.45) is -6.79. The van der Waals surface area contributed by atoms with Gasteiger partial charge in [0.25, 0.3) is 0 Å². The second-order valence-electron chi connectivity index (χ2n) is 9.29. The summed E-state index contributed by atoms with van der Waals surface area (Å²) in [5.41, 5.74) is 9.78. The van der Waals surface area contributed by atoms with Gasteiger partial charge in [0.05, 0.1) is 5.56 Å². The third kappa shape index (κ3) is 9.92. The minimum atomic E-state index is -4.65. The van der Waals surface area contributed by atoms with Crippen LogP contribution in [-0.4, -0.2) is 73.2 Å². The first kappa shape index (κ1) is 34.4. The molecule has 10 nitrogen and oxygen atoms in total. The summed E-state index contributed by atoms with van der Waals surface area (Å²) in [6.45, 7) is 0.888. The molecule has 3 unspecified atom stereocenters. The third-order valence-corrected chi connectivity index (χ3v) is 6.09. The minimum Gasteiger partial charge on any atom is -0.488 e. The van der Waals surface area contributed by atoms with Crippen molar-refractivity contribution in [1.82, 2.24) is 10.2 Å². The Morgan fingerprint density at radius 3 is 2.17 bits per heavy atom. The smallest absolute Gasteiger partial charge is 0.416 e. The predicted octanol–water partition coefficient (Wildman–Crippen LogP) is 2.12. The predicted molar refractivity (Wildman–Crippen MR) is 143 cm³/mol. The van der Waals surface area contributed by atoms with Gasteiger partial charge < -0.3 is 36.8 Å². The van der Waals surface area contributed by atoms with E-state index in [0.717, 1.165) is 24.3 Å². The summed E-state index contributed by atoms with van der Waals surface area (Å²) < 4.78 is 70.6. The van der Waals surface area contributed by atoms with E-state index in [2.05, 4.69) is 10.6 Å². The van der Waals surface area contributed by atoms with Crippen LogP contribution in [0.3, 0.4) is 0 Å². The first-order chi connectivity index (χ1) is 19.8. The number of aliphatic hydroxyl groups excluding tert-OH is 1. The van der Waals surface area contributed by atoms with Gasteiger partial charge in [0.2, 0.25) is 17.7 Å². The molecule has 42 heavy (non-hydrogen) atoms. The maximum Gasteiger partial charge on any atom is 0.416 e. The number of nitrogens with one attached hydrogen (secondary N) is 2. The summed E-state index contributed by atoms with van der Waals surface area (Å²) in [4.78, 5) is 40.3. The van der Waals surface area contributed by atoms with E-state index >= 15 is 0 Å². The van der Waals surface area contributed by atoms with Gasteiger partial charge in [0.15, 0.2) is 11.6 Å². The Bertz CT molecular complexity index is 1190. The average Bonchev–Trinajstić information content (AvgIpc) is 2.94. The summed E-state index contributed by atoms with van der Waals surface area (Å²) in [7, 11) is 0. The van der Waals surface area contributed by atoms with Gasteiger partial charge in [-0.05, 0) is 29.8 Å². The monoisotopic (exact) mass is 603 g/mol. The lowest BCUT2D eigenvalue weighted by atomic mass is 9.98. The Balaban J connectivity index is 2.29. The van der Waals surface area contributed by atoms with Crippen molar-refractivity contribution in [3.8, 4) is 5.75 Å². The van der Waals surface area contributed by atoms with Crippen LogP contribution in [0.1, 0.15) is 30.6 Å². The lowest BCUT2D eigenvalue weighted by Gasteiger charge is -2.26. The van der Waals surface area contributed by atoms with Gasteiger partial charge in [-0.2, -0.15) is 13.2 Å². The number of benzene rings is 2. The van der Waals surface area contributed by atoms with Crippen LogP contribution >= 0.6 is 0 Å². The molecule has 2 rings (SSSR count). The lowest BCUT2D eigenvalue weighted by Crippen LogP contribution is -2.50. The van der Waals surface area contributed by atoms with Gasteiger partial charge in [-0.25, -0.2) is 8.78 Å². The standard InChI is InChI=1S/C27H34F5N5O5/c1-16(14-22(38)37(11-9-33)12-10-34)25(40)36-23(24(39)17-2-4-18(5-3-17)27(30,31)32)26(41)35-19-6-7-21(20(29)15-19)42-13-8-28/h2-7,15-16,23-24,39H,8-14,33-34H2,1H3,(H,35,41)(H,36,40). The molecular formula is C27H34F5N5O5. The van der Waals surface area contributed by atoms with Crippen molar-refractivity contribution in [2.45, 2.75) is 31.7 Å². The van der Waals surface area contributed by atoms with Gasteiger partial charge in [-0.15, -0.1) is 0 Å². The highest BCUT2D eigenvalue weighted by atomic mass is 19.4. The quantitative estimate of drug-likeness (QED) is 0.195. The zero-order chi connectivity index (χ0) is 31.4. The summed E-state index contributed by atoms with van der Waals surface area (Å²) >= 11 is 0. The molecule has 15 heteroatoms. The molecule has 0 spiro atoms. The molecule has 0 aromatic heterocycles. The largest absolute Gasteiger partial charge is 0.488 e. The van der Waals surface area contributed by atoms with Crippen LogP contribution in [0.4, 0.5) is 27.6 Å². The molecule has 0 heterocycles. The minimum absolute atomic E-state index is 0.119. The number of hydrogen-bond acceptors (Lipinski definition) is 7. The molecule has 3 atom stereocenters. The molecule has 232 valence electrons. The molecule has 2 aromatic carbocycles. The molecule has 7 N–H and O–H groups in total. The summed E-state index contributed by atoms with van der Waals surface area (Å²) in [5.74, 6) is -4.51. The Morgan fingerprint density at radius 2 is 1.64 bits per heavy atom. The summed E-state index contributed by atoms with van der Waals surface area (Å²) in [6, 6.07) is 4.73. The van der Waals surface area contributed by atoms with Crippen molar-refractivity contribution in [3.05, 3.63) is 59.4 Å². The number of hydrogen-bond donors (Lipinski definition) is 5. The molecule has 0 aliphatic rings. The molecule has 0 bridgehead atoms. The van der Waals surface area contributed by atoms with E-state index in [9.17, 15) is 41.4 Å². The Labute approximate surface area is 239 Å². The number of nitrogens with two attached hydrogens (primary N) is 2. The number of halogens is 5. The fraction of sp³-hybridized carbons (Fsp3) is 0.444. The van der Waals surface area contributed by atoms with Crippen molar-refractivity contribution in [3.63, 3.8) is 0 Å². The molecule has 0 saturated carbocycles. The Hall–Kier alpha value is -3.82. The molecule has 0 radical (unpaired) electrons. The SMILES string of the molecule is CC(CC(=O)N(CCN)CCN)C(=O)NC(C(=O)Nc1ccc(OCCF)c(F)c1)C(O)c1ccc(C(F)(F)F)cc1. The van der Waals surface area contributed by atoms with Crippen LogP contribution in [-0.2, 0) is 20.6 Å². The van der Waals surface area contributed by atoms with Crippen LogP contribution in [0.2, 0.25) is 0 Å². The number of ether oxygens (including phenoxy) is 1. The van der Waals surface area contributed by atoms with Crippen molar-refractivity contribution in [2.75, 3.05) is 44.8 Å². The molecular weight excluding hydrogens is 569 g/mol. The number of carbonyl (C=O) groups is 3. The Kier molecular flexibility index (Phi) is 13.1. The zero-order valence-electron chi connectivity index (χ0n) is 22.8. The van der Waals surface area contributed by atoms with Crippen molar-refractivity contribution >= 4 is 23.4 Å². The van der Waals surface area contributed by atoms with Crippen molar-refractivity contribution in [2.24, 2.45) is 17.4 Å². The highest BCUT2D eigenvalue weighted by molar-refractivity contribution is 5.98. The molecule has 0 fully saturated rings. The topological polar surface area (TPSA) is 160 Å². The molecule has 0 saturated heterocycles. The Morgan fingerprint density at radius 1 is 1.02 bits per heavy atom. The number of rotatable bonds is 15. The molecule has 2 aromatic rings. The van der Waals surface area contributed by atoms with E-state index in [1.807, 2.05) is 0 Å². The maximum atomic E-state index is 14.3. The fourth-order valence-electron chi connectivity index (χ4n) is 3.87. The maximum absolute atomic E-state index is 14.3. The van der Waals surface area contributed by atoms with E-state index in [0.29, 0.717) is 12.1 Å². The summed E-state index contributed by atoms with van der Waals surface area (Å²) in [5, 5.41) is 15.6. The lowest BCUT2D eigenvalue weighted by molar-refractivity contribution is -0.138. The zero-order valence-corrected chi connectivity index (χ0v) is 22.8. The highest BCUT2D eigenvalue weighted by Gasteiger charge is 2.34. The number of amides is 3. The molecule has 0 aliphatic carbocycles. The third-order valence-electron chi connectivity index (χ3n) is 6.09.